The van der Waals surface area contributed by atoms with E-state index in [0.717, 1.165) is 36.5 Å². The molecule has 4 heteroatoms. The SMILES string of the molecule is CN(C)Cc1ncc2c(n1)CC(C)(C)CC2N. The Morgan fingerprint density at radius 1 is 1.47 bits per heavy atom. The molecule has 4 nitrogen and oxygen atoms in total. The molecular formula is C13H22N4. The first-order valence-corrected chi connectivity index (χ1v) is 6.12. The number of aromatic nitrogens is 2. The minimum Gasteiger partial charge on any atom is -0.324 e. The van der Waals surface area contributed by atoms with Crippen LogP contribution in [0.15, 0.2) is 6.20 Å². The molecule has 2 rings (SSSR count). The first-order chi connectivity index (χ1) is 7.87. The molecule has 0 saturated carbocycles. The molecule has 0 saturated heterocycles. The van der Waals surface area contributed by atoms with Crippen LogP contribution in [-0.2, 0) is 13.0 Å². The monoisotopic (exact) mass is 234 g/mol. The summed E-state index contributed by atoms with van der Waals surface area (Å²) < 4.78 is 0. The molecule has 1 aromatic heterocycles. The quantitative estimate of drug-likeness (QED) is 0.842. The summed E-state index contributed by atoms with van der Waals surface area (Å²) in [6, 6.07) is 0.0853. The summed E-state index contributed by atoms with van der Waals surface area (Å²) >= 11 is 0. The zero-order chi connectivity index (χ0) is 12.6. The molecule has 0 amide bonds. The van der Waals surface area contributed by atoms with Gasteiger partial charge < -0.3 is 10.6 Å². The van der Waals surface area contributed by atoms with Crippen LogP contribution in [0.5, 0.6) is 0 Å². The van der Waals surface area contributed by atoms with Crippen molar-refractivity contribution in [2.75, 3.05) is 14.1 Å². The maximum atomic E-state index is 6.18. The van der Waals surface area contributed by atoms with E-state index in [0.29, 0.717) is 0 Å². The van der Waals surface area contributed by atoms with Crippen molar-refractivity contribution in [3.05, 3.63) is 23.3 Å². The van der Waals surface area contributed by atoms with Gasteiger partial charge in [0.2, 0.25) is 0 Å². The van der Waals surface area contributed by atoms with E-state index in [-0.39, 0.29) is 11.5 Å². The average Bonchev–Trinajstić information content (AvgIpc) is 2.13. The van der Waals surface area contributed by atoms with Crippen LogP contribution >= 0.6 is 0 Å². The summed E-state index contributed by atoms with van der Waals surface area (Å²) in [4.78, 5) is 11.1. The van der Waals surface area contributed by atoms with Gasteiger partial charge in [0.15, 0.2) is 0 Å². The van der Waals surface area contributed by atoms with E-state index in [1.807, 2.05) is 20.3 Å². The molecule has 0 bridgehead atoms. The van der Waals surface area contributed by atoms with Crippen LogP contribution in [0, 0.1) is 5.41 Å². The van der Waals surface area contributed by atoms with Gasteiger partial charge in [-0.25, -0.2) is 9.97 Å². The van der Waals surface area contributed by atoms with Gasteiger partial charge in [0, 0.05) is 23.5 Å². The molecule has 0 radical (unpaired) electrons. The zero-order valence-electron chi connectivity index (χ0n) is 11.2. The third-order valence-corrected chi connectivity index (χ3v) is 3.23. The molecule has 1 atom stereocenters. The molecule has 94 valence electrons. The number of hydrogen-bond donors (Lipinski definition) is 1. The van der Waals surface area contributed by atoms with Crippen molar-refractivity contribution in [3.8, 4) is 0 Å². The average molecular weight is 234 g/mol. The van der Waals surface area contributed by atoms with E-state index < -0.39 is 0 Å². The second-order valence-corrected chi connectivity index (χ2v) is 6.08. The third-order valence-electron chi connectivity index (χ3n) is 3.23. The maximum absolute atomic E-state index is 6.18. The lowest BCUT2D eigenvalue weighted by molar-refractivity contribution is 0.276. The molecule has 1 heterocycles. The molecule has 0 aliphatic heterocycles. The number of hydrogen-bond acceptors (Lipinski definition) is 4. The van der Waals surface area contributed by atoms with Crippen molar-refractivity contribution in [3.63, 3.8) is 0 Å². The van der Waals surface area contributed by atoms with Crippen LogP contribution in [0.4, 0.5) is 0 Å². The Balaban J connectivity index is 2.31. The second-order valence-electron chi connectivity index (χ2n) is 6.08. The normalized spacial score (nSPS) is 22.6. The predicted molar refractivity (Wildman–Crippen MR) is 68.5 cm³/mol. The highest BCUT2D eigenvalue weighted by Gasteiger charge is 2.31. The van der Waals surface area contributed by atoms with Crippen molar-refractivity contribution in [2.24, 2.45) is 11.1 Å². The minimum absolute atomic E-state index is 0.0853. The summed E-state index contributed by atoms with van der Waals surface area (Å²) in [7, 11) is 4.05. The van der Waals surface area contributed by atoms with Gasteiger partial charge in [-0.1, -0.05) is 13.8 Å². The number of nitrogens with zero attached hydrogens (tertiary/aromatic N) is 3. The highest BCUT2D eigenvalue weighted by molar-refractivity contribution is 5.26. The Hall–Kier alpha value is -1.00. The zero-order valence-corrected chi connectivity index (χ0v) is 11.2. The van der Waals surface area contributed by atoms with E-state index >= 15 is 0 Å². The molecule has 1 aromatic rings. The van der Waals surface area contributed by atoms with Crippen LogP contribution in [0.1, 0.15) is 43.4 Å². The fraction of sp³-hybridized carbons (Fsp3) is 0.692. The van der Waals surface area contributed by atoms with Gasteiger partial charge in [-0.05, 0) is 32.4 Å². The van der Waals surface area contributed by atoms with Gasteiger partial charge in [0.05, 0.1) is 6.54 Å². The van der Waals surface area contributed by atoms with Crippen LogP contribution < -0.4 is 5.73 Å². The molecule has 0 spiro atoms. The second kappa shape index (κ2) is 4.35. The molecule has 1 unspecified atom stereocenters. The van der Waals surface area contributed by atoms with E-state index in [2.05, 4.69) is 28.7 Å². The Bertz CT molecular complexity index is 412. The Morgan fingerprint density at radius 2 is 2.18 bits per heavy atom. The van der Waals surface area contributed by atoms with Crippen LogP contribution in [-0.4, -0.2) is 29.0 Å². The first kappa shape index (κ1) is 12.5. The van der Waals surface area contributed by atoms with Gasteiger partial charge in [0.1, 0.15) is 5.82 Å². The van der Waals surface area contributed by atoms with Gasteiger partial charge in [-0.2, -0.15) is 0 Å². The highest BCUT2D eigenvalue weighted by atomic mass is 15.1. The molecule has 1 aliphatic carbocycles. The van der Waals surface area contributed by atoms with Crippen molar-refractivity contribution in [1.82, 2.24) is 14.9 Å². The standard InChI is InChI=1S/C13H22N4/c1-13(2)5-10(14)9-7-15-12(8-17(3)4)16-11(9)6-13/h7,10H,5-6,8,14H2,1-4H3. The highest BCUT2D eigenvalue weighted by Crippen LogP contribution is 2.38. The molecule has 2 N–H and O–H groups in total. The van der Waals surface area contributed by atoms with Crippen LogP contribution in [0.3, 0.4) is 0 Å². The lowest BCUT2D eigenvalue weighted by Crippen LogP contribution is -2.31. The van der Waals surface area contributed by atoms with E-state index in [1.165, 1.54) is 0 Å². The lowest BCUT2D eigenvalue weighted by Gasteiger charge is -2.34. The van der Waals surface area contributed by atoms with E-state index in [4.69, 9.17) is 5.73 Å². The number of rotatable bonds is 2. The molecular weight excluding hydrogens is 212 g/mol. The van der Waals surface area contributed by atoms with Gasteiger partial charge in [-0.3, -0.25) is 0 Å². The fourth-order valence-corrected chi connectivity index (χ4v) is 2.51. The van der Waals surface area contributed by atoms with Crippen LogP contribution in [0.2, 0.25) is 0 Å². The summed E-state index contributed by atoms with van der Waals surface area (Å²) in [5.41, 5.74) is 8.70. The molecule has 1 aliphatic rings. The van der Waals surface area contributed by atoms with Crippen molar-refractivity contribution < 1.29 is 0 Å². The Morgan fingerprint density at radius 3 is 2.82 bits per heavy atom. The summed E-state index contributed by atoms with van der Waals surface area (Å²) in [5, 5.41) is 0. The molecule has 0 aromatic carbocycles. The predicted octanol–water partition coefficient (Wildman–Crippen LogP) is 1.51. The van der Waals surface area contributed by atoms with Crippen LogP contribution in [0.25, 0.3) is 0 Å². The Labute approximate surface area is 103 Å². The molecule has 0 fully saturated rings. The van der Waals surface area contributed by atoms with Gasteiger partial charge in [0.25, 0.3) is 0 Å². The van der Waals surface area contributed by atoms with Crippen molar-refractivity contribution in [1.29, 1.82) is 0 Å². The fourth-order valence-electron chi connectivity index (χ4n) is 2.51. The topological polar surface area (TPSA) is 55.0 Å². The van der Waals surface area contributed by atoms with E-state index in [1.54, 1.807) is 0 Å². The van der Waals surface area contributed by atoms with Gasteiger partial charge >= 0.3 is 0 Å². The number of nitrogens with two attached hydrogens (primary N) is 1. The van der Waals surface area contributed by atoms with E-state index in [9.17, 15) is 0 Å². The van der Waals surface area contributed by atoms with Crippen molar-refractivity contribution >= 4 is 0 Å². The Kier molecular flexibility index (Phi) is 3.19. The smallest absolute Gasteiger partial charge is 0.142 e. The lowest BCUT2D eigenvalue weighted by atomic mass is 9.74. The molecule has 17 heavy (non-hydrogen) atoms. The maximum Gasteiger partial charge on any atom is 0.142 e. The summed E-state index contributed by atoms with van der Waals surface area (Å²) in [6.45, 7) is 5.29. The summed E-state index contributed by atoms with van der Waals surface area (Å²) in [5.74, 6) is 0.888. The van der Waals surface area contributed by atoms with Crippen molar-refractivity contribution in [2.45, 2.75) is 39.3 Å². The minimum atomic E-state index is 0.0853. The third kappa shape index (κ3) is 2.82. The largest absolute Gasteiger partial charge is 0.324 e. The summed E-state index contributed by atoms with van der Waals surface area (Å²) in [6.07, 6.45) is 3.93. The number of fused-ring (bicyclic) bond motifs is 1. The first-order valence-electron chi connectivity index (χ1n) is 6.12. The van der Waals surface area contributed by atoms with Gasteiger partial charge in [-0.15, -0.1) is 0 Å².